The van der Waals surface area contributed by atoms with Crippen molar-refractivity contribution in [2.75, 3.05) is 13.7 Å². The maximum Gasteiger partial charge on any atom is 0.261 e. The van der Waals surface area contributed by atoms with Gasteiger partial charge in [-0.2, -0.15) is 0 Å². The normalized spacial score (nSPS) is 12.8. The lowest BCUT2D eigenvalue weighted by Gasteiger charge is -2.43. The molecule has 1 N–H and O–H groups in total. The Morgan fingerprint density at radius 2 is 1.43 bits per heavy atom. The van der Waals surface area contributed by atoms with Crippen molar-refractivity contribution in [3.05, 3.63) is 90.5 Å². The molecule has 0 aliphatic heterocycles. The number of hydrogen-bond acceptors (Lipinski definition) is 4. The molecule has 5 heteroatoms. The topological polar surface area (TPSA) is 55.8 Å². The monoisotopic (exact) mass is 490 g/mol. The molecule has 3 aromatic carbocycles. The predicted octanol–water partition coefficient (Wildman–Crippen LogP) is 4.91. The molecule has 1 atom stereocenters. The van der Waals surface area contributed by atoms with Crippen molar-refractivity contribution in [3.8, 4) is 5.75 Å². The number of carbonyl (C=O) groups is 1. The molecule has 0 fully saturated rings. The minimum absolute atomic E-state index is 0.0683. The van der Waals surface area contributed by atoms with Crippen molar-refractivity contribution in [3.63, 3.8) is 0 Å². The summed E-state index contributed by atoms with van der Waals surface area (Å²) in [4.78, 5) is 12.5. The van der Waals surface area contributed by atoms with Gasteiger partial charge < -0.3 is 14.3 Å². The van der Waals surface area contributed by atoms with Gasteiger partial charge in [0.15, 0.2) is 0 Å². The maximum absolute atomic E-state index is 12.5. The number of aliphatic hydroxyl groups is 1. The van der Waals surface area contributed by atoms with Gasteiger partial charge in [-0.05, 0) is 45.9 Å². The molecule has 0 heterocycles. The zero-order chi connectivity index (χ0) is 25.3. The molecule has 0 amide bonds. The van der Waals surface area contributed by atoms with Crippen LogP contribution in [0, 0.1) is 0 Å². The molecule has 0 aliphatic rings. The Morgan fingerprint density at radius 1 is 0.886 bits per heavy atom. The van der Waals surface area contributed by atoms with Crippen LogP contribution in [-0.2, 0) is 15.6 Å². The lowest BCUT2D eigenvalue weighted by Crippen LogP contribution is -2.66. The summed E-state index contributed by atoms with van der Waals surface area (Å²) in [6, 6.07) is 28.7. The van der Waals surface area contributed by atoms with Crippen molar-refractivity contribution in [1.82, 2.24) is 0 Å². The Bertz CT molecular complexity index is 1000. The van der Waals surface area contributed by atoms with E-state index in [-0.39, 0.29) is 17.2 Å². The number of hydrogen-bond donors (Lipinski definition) is 1. The van der Waals surface area contributed by atoms with Crippen molar-refractivity contribution >= 4 is 24.5 Å². The largest absolute Gasteiger partial charge is 0.497 e. The molecule has 4 nitrogen and oxygen atoms in total. The summed E-state index contributed by atoms with van der Waals surface area (Å²) in [5, 5.41) is 12.9. The van der Waals surface area contributed by atoms with E-state index in [9.17, 15) is 9.90 Å². The molecule has 0 spiro atoms. The first kappa shape index (κ1) is 26.9. The Morgan fingerprint density at radius 3 is 1.91 bits per heavy atom. The molecule has 0 bridgehead atoms. The minimum Gasteiger partial charge on any atom is -0.497 e. The van der Waals surface area contributed by atoms with Gasteiger partial charge >= 0.3 is 0 Å². The second-order valence-corrected chi connectivity index (χ2v) is 14.4. The number of aryl methyl sites for hydroxylation is 1. The van der Waals surface area contributed by atoms with Gasteiger partial charge in [-0.1, -0.05) is 93.6 Å². The minimum atomic E-state index is -2.63. The van der Waals surface area contributed by atoms with Gasteiger partial charge in [0.2, 0.25) is 0 Å². The van der Waals surface area contributed by atoms with Crippen molar-refractivity contribution in [2.45, 2.75) is 57.6 Å². The molecule has 0 saturated carbocycles. The van der Waals surface area contributed by atoms with Crippen LogP contribution in [0.25, 0.3) is 0 Å². The van der Waals surface area contributed by atoms with Crippen LogP contribution in [-0.4, -0.2) is 39.0 Å². The molecule has 186 valence electrons. The number of methoxy groups -OCH3 is 1. The maximum atomic E-state index is 12.5. The highest BCUT2D eigenvalue weighted by molar-refractivity contribution is 6.99. The van der Waals surface area contributed by atoms with E-state index in [0.29, 0.717) is 25.9 Å². The molecular formula is C30H38O4Si. The van der Waals surface area contributed by atoms with Crippen LogP contribution in [0.4, 0.5) is 0 Å². The third-order valence-electron chi connectivity index (χ3n) is 6.50. The third kappa shape index (κ3) is 6.91. The Hall–Kier alpha value is -2.73. The van der Waals surface area contributed by atoms with E-state index >= 15 is 0 Å². The van der Waals surface area contributed by atoms with Crippen LogP contribution in [0.2, 0.25) is 5.04 Å². The molecule has 0 saturated heterocycles. The quantitative estimate of drug-likeness (QED) is 0.366. The number of Topliss-reactive ketones (excluding diaryl/α,β-unsaturated/α-hetero) is 1. The lowest BCUT2D eigenvalue weighted by molar-refractivity contribution is -0.121. The van der Waals surface area contributed by atoms with Gasteiger partial charge in [0, 0.05) is 19.4 Å². The second kappa shape index (κ2) is 12.3. The van der Waals surface area contributed by atoms with E-state index in [1.54, 1.807) is 7.11 Å². The first-order valence-electron chi connectivity index (χ1n) is 12.3. The summed E-state index contributed by atoms with van der Waals surface area (Å²) in [5.41, 5.74) is 1.09. The van der Waals surface area contributed by atoms with Crippen LogP contribution in [0.5, 0.6) is 5.75 Å². The zero-order valence-electron chi connectivity index (χ0n) is 21.4. The van der Waals surface area contributed by atoms with Crippen molar-refractivity contribution < 1.29 is 19.1 Å². The van der Waals surface area contributed by atoms with Crippen LogP contribution < -0.4 is 15.1 Å². The Kier molecular flexibility index (Phi) is 9.44. The number of benzene rings is 3. The number of rotatable bonds is 12. The number of ketones is 1. The average molecular weight is 491 g/mol. The first-order valence-corrected chi connectivity index (χ1v) is 14.2. The standard InChI is InChI=1S/C30H38O4Si/c1-30(2,3)35(28-11-7-5-8-12-28,29-13-9-6-10-14-29)34-22-21-26(32)23-25(31)18-15-24-16-19-27(33-4)20-17-24/h5-14,16-17,19-20,26,32H,15,18,21-23H2,1-4H3. The fourth-order valence-corrected chi connectivity index (χ4v) is 9.23. The van der Waals surface area contributed by atoms with Gasteiger partial charge in [-0.3, -0.25) is 4.79 Å². The third-order valence-corrected chi connectivity index (χ3v) is 11.5. The highest BCUT2D eigenvalue weighted by Gasteiger charge is 2.50. The molecular weight excluding hydrogens is 452 g/mol. The zero-order valence-corrected chi connectivity index (χ0v) is 22.4. The van der Waals surface area contributed by atoms with Crippen LogP contribution in [0.15, 0.2) is 84.9 Å². The summed E-state index contributed by atoms with van der Waals surface area (Å²) < 4.78 is 12.0. The summed E-state index contributed by atoms with van der Waals surface area (Å²) in [6.45, 7) is 7.11. The van der Waals surface area contributed by atoms with E-state index in [2.05, 4.69) is 69.3 Å². The highest BCUT2D eigenvalue weighted by atomic mass is 28.4. The number of carbonyl (C=O) groups excluding carboxylic acids is 1. The SMILES string of the molecule is COc1ccc(CCC(=O)CC(O)CCO[Si](c2ccccc2)(c2ccccc2)C(C)(C)C)cc1. The summed E-state index contributed by atoms with van der Waals surface area (Å²) in [5.74, 6) is 0.871. The molecule has 3 aromatic rings. The summed E-state index contributed by atoms with van der Waals surface area (Å²) >= 11 is 0. The van der Waals surface area contributed by atoms with E-state index in [1.807, 2.05) is 36.4 Å². The Balaban J connectivity index is 1.63. The summed E-state index contributed by atoms with van der Waals surface area (Å²) in [7, 11) is -0.993. The fraction of sp³-hybridized carbons (Fsp3) is 0.367. The van der Waals surface area contributed by atoms with Crippen molar-refractivity contribution in [1.29, 1.82) is 0 Å². The van der Waals surface area contributed by atoms with Gasteiger partial charge in [0.25, 0.3) is 8.32 Å². The average Bonchev–Trinajstić information content (AvgIpc) is 2.86. The molecule has 0 aromatic heterocycles. The van der Waals surface area contributed by atoms with E-state index in [0.717, 1.165) is 11.3 Å². The van der Waals surface area contributed by atoms with Crippen LogP contribution in [0.3, 0.4) is 0 Å². The first-order chi connectivity index (χ1) is 16.8. The van der Waals surface area contributed by atoms with Gasteiger partial charge in [0.1, 0.15) is 11.5 Å². The van der Waals surface area contributed by atoms with Gasteiger partial charge in [0.05, 0.1) is 13.2 Å². The van der Waals surface area contributed by atoms with Gasteiger partial charge in [-0.25, -0.2) is 0 Å². The molecule has 35 heavy (non-hydrogen) atoms. The lowest BCUT2D eigenvalue weighted by atomic mass is 10.0. The molecule has 0 radical (unpaired) electrons. The smallest absolute Gasteiger partial charge is 0.261 e. The van der Waals surface area contributed by atoms with Crippen LogP contribution >= 0.6 is 0 Å². The fourth-order valence-electron chi connectivity index (χ4n) is 4.65. The van der Waals surface area contributed by atoms with Crippen LogP contribution in [0.1, 0.15) is 45.6 Å². The van der Waals surface area contributed by atoms with Crippen molar-refractivity contribution in [2.24, 2.45) is 0 Å². The molecule has 0 aliphatic carbocycles. The van der Waals surface area contributed by atoms with Gasteiger partial charge in [-0.15, -0.1) is 0 Å². The highest BCUT2D eigenvalue weighted by Crippen LogP contribution is 2.36. The van der Waals surface area contributed by atoms with E-state index in [4.69, 9.17) is 9.16 Å². The predicted molar refractivity (Wildman–Crippen MR) is 145 cm³/mol. The Labute approximate surface area is 211 Å². The van der Waals surface area contributed by atoms with E-state index in [1.165, 1.54) is 10.4 Å². The summed E-state index contributed by atoms with van der Waals surface area (Å²) in [6.07, 6.45) is 0.947. The van der Waals surface area contributed by atoms with E-state index < -0.39 is 14.4 Å². The molecule has 1 unspecified atom stereocenters. The molecule has 3 rings (SSSR count). The second-order valence-electron chi connectivity index (χ2n) is 10.0. The number of ether oxygens (including phenoxy) is 1. The number of aliphatic hydroxyl groups excluding tert-OH is 1.